The third kappa shape index (κ3) is 4.71. The number of carbonyl (C=O) groups is 1. The molecule has 1 heterocycles. The summed E-state index contributed by atoms with van der Waals surface area (Å²) in [4.78, 5) is 16.1. The Bertz CT molecular complexity index is 380. The molecule has 1 aromatic heterocycles. The Morgan fingerprint density at radius 3 is 2.94 bits per heavy atom. The average molecular weight is 251 g/mol. The largest absolute Gasteiger partial charge is 0.377 e. The summed E-state index contributed by atoms with van der Waals surface area (Å²) in [5.74, 6) is 0.480. The van der Waals surface area contributed by atoms with Crippen LogP contribution in [0.25, 0.3) is 0 Å². The maximum absolute atomic E-state index is 11.9. The molecular weight excluding hydrogens is 230 g/mol. The molecule has 0 bridgehead atoms. The van der Waals surface area contributed by atoms with Crippen molar-refractivity contribution in [3.63, 3.8) is 0 Å². The monoisotopic (exact) mass is 251 g/mol. The first-order chi connectivity index (χ1) is 8.65. The van der Waals surface area contributed by atoms with E-state index in [1.54, 1.807) is 18.3 Å². The molecule has 1 rings (SSSR count). The van der Waals surface area contributed by atoms with Gasteiger partial charge in [0.1, 0.15) is 5.82 Å². The first-order valence-electron chi connectivity index (χ1n) is 6.23. The predicted octanol–water partition coefficient (Wildman–Crippen LogP) is 1.67. The third-order valence-corrected chi connectivity index (χ3v) is 2.24. The molecule has 1 aromatic rings. The number of carbonyl (C=O) groups excluding carboxylic acids is 1. The highest BCUT2D eigenvalue weighted by Crippen LogP contribution is 2.10. The minimum absolute atomic E-state index is 0.133. The summed E-state index contributed by atoms with van der Waals surface area (Å²) >= 11 is 0. The summed E-state index contributed by atoms with van der Waals surface area (Å²) in [5, 5.41) is 5.87. The molecule has 1 amide bonds. The minimum atomic E-state index is -0.133. The van der Waals surface area contributed by atoms with Gasteiger partial charge in [-0.05, 0) is 32.9 Å². The van der Waals surface area contributed by atoms with Gasteiger partial charge in [0.25, 0.3) is 5.91 Å². The quantitative estimate of drug-likeness (QED) is 0.724. The Morgan fingerprint density at radius 2 is 2.28 bits per heavy atom. The summed E-state index contributed by atoms with van der Waals surface area (Å²) in [7, 11) is 0. The van der Waals surface area contributed by atoms with Gasteiger partial charge in [-0.25, -0.2) is 4.98 Å². The van der Waals surface area contributed by atoms with Crippen molar-refractivity contribution in [1.82, 2.24) is 10.3 Å². The summed E-state index contributed by atoms with van der Waals surface area (Å²) in [6.07, 6.45) is 1.84. The molecule has 5 nitrogen and oxygen atoms in total. The average Bonchev–Trinajstić information content (AvgIpc) is 2.35. The number of anilines is 1. The van der Waals surface area contributed by atoms with Crippen molar-refractivity contribution in [3.8, 4) is 0 Å². The van der Waals surface area contributed by atoms with Gasteiger partial charge in [0, 0.05) is 19.3 Å². The highest BCUT2D eigenvalue weighted by atomic mass is 16.5. The van der Waals surface area contributed by atoms with Gasteiger partial charge in [-0.3, -0.25) is 4.79 Å². The van der Waals surface area contributed by atoms with Crippen LogP contribution in [0.2, 0.25) is 0 Å². The number of rotatable bonds is 7. The minimum Gasteiger partial charge on any atom is -0.377 e. The highest BCUT2D eigenvalue weighted by Gasteiger charge is 2.10. The first-order valence-corrected chi connectivity index (χ1v) is 6.23. The third-order valence-electron chi connectivity index (χ3n) is 2.24. The Kier molecular flexibility index (Phi) is 6.14. The van der Waals surface area contributed by atoms with E-state index < -0.39 is 0 Å². The Balaban J connectivity index is 2.50. The molecule has 0 atom stereocenters. The predicted molar refractivity (Wildman–Crippen MR) is 71.8 cm³/mol. The summed E-state index contributed by atoms with van der Waals surface area (Å²) in [5.41, 5.74) is 0.559. The molecule has 0 aliphatic heterocycles. The van der Waals surface area contributed by atoms with Crippen LogP contribution in [-0.2, 0) is 4.74 Å². The molecule has 2 N–H and O–H groups in total. The van der Waals surface area contributed by atoms with Crippen molar-refractivity contribution in [2.45, 2.75) is 26.9 Å². The number of nitrogens with zero attached hydrogens (tertiary/aromatic N) is 1. The lowest BCUT2D eigenvalue weighted by molar-refractivity contribution is 0.0747. The van der Waals surface area contributed by atoms with Crippen molar-refractivity contribution in [3.05, 3.63) is 23.9 Å². The number of amides is 1. The number of pyridine rings is 1. The number of hydrogen-bond acceptors (Lipinski definition) is 4. The van der Waals surface area contributed by atoms with E-state index in [1.165, 1.54) is 0 Å². The van der Waals surface area contributed by atoms with Crippen molar-refractivity contribution in [2.24, 2.45) is 0 Å². The lowest BCUT2D eigenvalue weighted by Crippen LogP contribution is -2.29. The van der Waals surface area contributed by atoms with Crippen molar-refractivity contribution >= 4 is 11.7 Å². The maximum atomic E-state index is 11.9. The van der Waals surface area contributed by atoms with Gasteiger partial charge in [-0.2, -0.15) is 0 Å². The van der Waals surface area contributed by atoms with Crippen molar-refractivity contribution < 1.29 is 9.53 Å². The van der Waals surface area contributed by atoms with E-state index in [9.17, 15) is 4.79 Å². The van der Waals surface area contributed by atoms with Crippen LogP contribution >= 0.6 is 0 Å². The first kappa shape index (κ1) is 14.4. The lowest BCUT2D eigenvalue weighted by atomic mass is 10.2. The molecule has 5 heteroatoms. The van der Waals surface area contributed by atoms with Crippen LogP contribution < -0.4 is 10.6 Å². The van der Waals surface area contributed by atoms with Gasteiger partial charge < -0.3 is 15.4 Å². The van der Waals surface area contributed by atoms with Crippen LogP contribution in [-0.4, -0.2) is 36.7 Å². The molecule has 0 aromatic carbocycles. The van der Waals surface area contributed by atoms with Gasteiger partial charge in [0.2, 0.25) is 0 Å². The molecule has 0 radical (unpaired) electrons. The van der Waals surface area contributed by atoms with Crippen LogP contribution in [0.15, 0.2) is 18.3 Å². The topological polar surface area (TPSA) is 63.2 Å². The Hall–Kier alpha value is -1.62. The molecule has 0 saturated carbocycles. The Morgan fingerprint density at radius 1 is 1.50 bits per heavy atom. The van der Waals surface area contributed by atoms with Gasteiger partial charge in [-0.1, -0.05) is 0 Å². The second kappa shape index (κ2) is 7.66. The van der Waals surface area contributed by atoms with Gasteiger partial charge in [0.15, 0.2) is 0 Å². The fourth-order valence-corrected chi connectivity index (χ4v) is 1.45. The number of ether oxygens (including phenoxy) is 1. The zero-order valence-corrected chi connectivity index (χ0v) is 11.2. The number of nitrogens with one attached hydrogen (secondary N) is 2. The highest BCUT2D eigenvalue weighted by molar-refractivity contribution is 5.98. The molecule has 18 heavy (non-hydrogen) atoms. The lowest BCUT2D eigenvalue weighted by Gasteiger charge is -2.11. The van der Waals surface area contributed by atoms with E-state index in [0.717, 1.165) is 6.54 Å². The fraction of sp³-hybridized carbons (Fsp3) is 0.538. The van der Waals surface area contributed by atoms with E-state index in [1.807, 2.05) is 20.8 Å². The van der Waals surface area contributed by atoms with Gasteiger partial charge in [0.05, 0.1) is 18.3 Å². The zero-order valence-electron chi connectivity index (χ0n) is 11.2. The van der Waals surface area contributed by atoms with Gasteiger partial charge >= 0.3 is 0 Å². The Labute approximate surface area is 108 Å². The summed E-state index contributed by atoms with van der Waals surface area (Å²) in [6.45, 7) is 7.64. The van der Waals surface area contributed by atoms with Crippen LogP contribution in [0.1, 0.15) is 31.1 Å². The number of aromatic nitrogens is 1. The second-order valence-electron chi connectivity index (χ2n) is 4.11. The van der Waals surface area contributed by atoms with E-state index in [0.29, 0.717) is 24.5 Å². The molecular formula is C13H21N3O2. The molecule has 0 aliphatic carbocycles. The zero-order chi connectivity index (χ0) is 13.4. The fourth-order valence-electron chi connectivity index (χ4n) is 1.45. The molecule has 100 valence electrons. The molecule has 0 spiro atoms. The summed E-state index contributed by atoms with van der Waals surface area (Å²) < 4.78 is 5.36. The molecule has 0 aliphatic rings. The van der Waals surface area contributed by atoms with E-state index in [4.69, 9.17) is 4.74 Å². The van der Waals surface area contributed by atoms with Crippen LogP contribution in [0, 0.1) is 0 Å². The van der Waals surface area contributed by atoms with Crippen molar-refractivity contribution in [1.29, 1.82) is 0 Å². The van der Waals surface area contributed by atoms with Crippen LogP contribution in [0.5, 0.6) is 0 Å². The smallest absolute Gasteiger partial charge is 0.255 e. The number of hydrogen-bond donors (Lipinski definition) is 2. The van der Waals surface area contributed by atoms with Crippen molar-refractivity contribution in [2.75, 3.05) is 25.0 Å². The normalized spacial score (nSPS) is 10.4. The molecule has 0 saturated heterocycles. The van der Waals surface area contributed by atoms with E-state index in [2.05, 4.69) is 15.6 Å². The van der Waals surface area contributed by atoms with E-state index >= 15 is 0 Å². The second-order valence-corrected chi connectivity index (χ2v) is 4.11. The van der Waals surface area contributed by atoms with Gasteiger partial charge in [-0.15, -0.1) is 0 Å². The van der Waals surface area contributed by atoms with Crippen LogP contribution in [0.4, 0.5) is 5.82 Å². The SMILES string of the molecule is CCNc1ncccc1C(=O)NCCOC(C)C. The van der Waals surface area contributed by atoms with Crippen LogP contribution in [0.3, 0.4) is 0 Å². The summed E-state index contributed by atoms with van der Waals surface area (Å²) in [6, 6.07) is 3.50. The maximum Gasteiger partial charge on any atom is 0.255 e. The van der Waals surface area contributed by atoms with E-state index in [-0.39, 0.29) is 12.0 Å². The standard InChI is InChI=1S/C13H21N3O2/c1-4-14-12-11(6-5-7-15-12)13(17)16-8-9-18-10(2)3/h5-7,10H,4,8-9H2,1-3H3,(H,14,15)(H,16,17). The molecule has 0 unspecified atom stereocenters. The molecule has 0 fully saturated rings.